The molecule has 1 unspecified atom stereocenters. The molecule has 0 bridgehead atoms. The van der Waals surface area contributed by atoms with Crippen molar-refractivity contribution in [2.75, 3.05) is 6.54 Å². The maximum atomic E-state index is 13.1. The second-order valence-corrected chi connectivity index (χ2v) is 3.30. The van der Waals surface area contributed by atoms with Gasteiger partial charge in [-0.25, -0.2) is 4.39 Å². The van der Waals surface area contributed by atoms with Crippen LogP contribution in [0.2, 0.25) is 0 Å². The third kappa shape index (κ3) is 1.32. The fourth-order valence-electron chi connectivity index (χ4n) is 1.50. The van der Waals surface area contributed by atoms with E-state index in [9.17, 15) is 9.50 Å². The second kappa shape index (κ2) is 3.28. The highest BCUT2D eigenvalue weighted by atomic mass is 19.1. The molecule has 1 aliphatic heterocycles. The Kier molecular flexibility index (Phi) is 2.10. The minimum Gasteiger partial charge on any atom is -0.505 e. The predicted octanol–water partition coefficient (Wildman–Crippen LogP) is 1.44. The lowest BCUT2D eigenvalue weighted by molar-refractivity contribution is 0.354. The van der Waals surface area contributed by atoms with Crippen molar-refractivity contribution >= 4 is 0 Å². The van der Waals surface area contributed by atoms with Crippen molar-refractivity contribution in [1.29, 1.82) is 5.26 Å². The number of hydrogen-bond donors (Lipinski definition) is 2. The highest BCUT2D eigenvalue weighted by Crippen LogP contribution is 2.32. The molecular formula is C10H9FN2O. The van der Waals surface area contributed by atoms with E-state index in [4.69, 9.17) is 5.26 Å². The Bertz CT molecular complexity index is 407. The number of nitrogens with one attached hydrogen (secondary N) is 1. The molecule has 14 heavy (non-hydrogen) atoms. The van der Waals surface area contributed by atoms with Crippen molar-refractivity contribution in [3.05, 3.63) is 29.1 Å². The number of aromatic hydroxyl groups is 1. The summed E-state index contributed by atoms with van der Waals surface area (Å²) in [6, 6.07) is 4.41. The van der Waals surface area contributed by atoms with Crippen LogP contribution in [0.3, 0.4) is 0 Å². The van der Waals surface area contributed by atoms with Crippen molar-refractivity contribution in [3.63, 3.8) is 0 Å². The molecule has 0 radical (unpaired) electrons. The zero-order valence-electron chi connectivity index (χ0n) is 7.42. The maximum absolute atomic E-state index is 13.1. The van der Waals surface area contributed by atoms with E-state index < -0.39 is 5.82 Å². The van der Waals surface area contributed by atoms with Gasteiger partial charge in [0.25, 0.3) is 0 Å². The number of nitrogens with zero attached hydrogens (tertiary/aromatic N) is 1. The van der Waals surface area contributed by atoms with Crippen LogP contribution in [0.5, 0.6) is 5.75 Å². The van der Waals surface area contributed by atoms with Crippen LogP contribution < -0.4 is 5.32 Å². The van der Waals surface area contributed by atoms with Crippen LogP contribution in [-0.4, -0.2) is 11.7 Å². The number of benzene rings is 1. The SMILES string of the molecule is N#Cc1cc(F)c(O)c(C2CCN2)c1. The average molecular weight is 192 g/mol. The summed E-state index contributed by atoms with van der Waals surface area (Å²) in [4.78, 5) is 0. The minimum absolute atomic E-state index is 0.0159. The zero-order valence-corrected chi connectivity index (χ0v) is 7.42. The Morgan fingerprint density at radius 2 is 2.29 bits per heavy atom. The molecule has 1 atom stereocenters. The van der Waals surface area contributed by atoms with E-state index in [0.717, 1.165) is 19.0 Å². The van der Waals surface area contributed by atoms with Crippen LogP contribution in [0.4, 0.5) is 4.39 Å². The number of rotatable bonds is 1. The number of phenolic OH excluding ortho intramolecular Hbond substituents is 1. The standard InChI is InChI=1S/C10H9FN2O/c11-8-4-6(5-12)3-7(10(8)14)9-1-2-13-9/h3-4,9,13-14H,1-2H2. The van der Waals surface area contributed by atoms with E-state index in [-0.39, 0.29) is 17.4 Å². The normalized spacial score (nSPS) is 19.9. The summed E-state index contributed by atoms with van der Waals surface area (Å²) < 4.78 is 13.1. The molecule has 0 saturated carbocycles. The van der Waals surface area contributed by atoms with Gasteiger partial charge in [0.2, 0.25) is 0 Å². The summed E-state index contributed by atoms with van der Waals surface area (Å²) in [7, 11) is 0. The Morgan fingerprint density at radius 3 is 2.79 bits per heavy atom. The van der Waals surface area contributed by atoms with Gasteiger partial charge in [0.1, 0.15) is 0 Å². The van der Waals surface area contributed by atoms with Crippen LogP contribution in [0.1, 0.15) is 23.6 Å². The number of nitriles is 1. The summed E-state index contributed by atoms with van der Waals surface area (Å²) >= 11 is 0. The van der Waals surface area contributed by atoms with Gasteiger partial charge in [-0.3, -0.25) is 0 Å². The molecule has 2 rings (SSSR count). The highest BCUT2D eigenvalue weighted by molar-refractivity contribution is 5.44. The van der Waals surface area contributed by atoms with Gasteiger partial charge < -0.3 is 10.4 Å². The van der Waals surface area contributed by atoms with Crippen molar-refractivity contribution in [1.82, 2.24) is 5.32 Å². The van der Waals surface area contributed by atoms with Crippen molar-refractivity contribution in [3.8, 4) is 11.8 Å². The van der Waals surface area contributed by atoms with E-state index in [2.05, 4.69) is 5.32 Å². The van der Waals surface area contributed by atoms with Crippen molar-refractivity contribution < 1.29 is 9.50 Å². The molecule has 72 valence electrons. The molecule has 0 aromatic heterocycles. The molecule has 0 aliphatic carbocycles. The van der Waals surface area contributed by atoms with E-state index in [1.807, 2.05) is 6.07 Å². The average Bonchev–Trinajstić information content (AvgIpc) is 2.09. The van der Waals surface area contributed by atoms with Gasteiger partial charge in [-0.05, 0) is 25.1 Å². The first-order chi connectivity index (χ1) is 6.72. The van der Waals surface area contributed by atoms with Crippen LogP contribution in [0, 0.1) is 17.1 Å². The third-order valence-electron chi connectivity index (χ3n) is 2.42. The van der Waals surface area contributed by atoms with Gasteiger partial charge in [-0.2, -0.15) is 5.26 Å². The Morgan fingerprint density at radius 1 is 1.57 bits per heavy atom. The molecule has 4 heteroatoms. The topological polar surface area (TPSA) is 56.0 Å². The molecule has 0 spiro atoms. The molecule has 1 heterocycles. The minimum atomic E-state index is -0.729. The monoisotopic (exact) mass is 192 g/mol. The number of phenols is 1. The van der Waals surface area contributed by atoms with Gasteiger partial charge in [0.05, 0.1) is 11.6 Å². The lowest BCUT2D eigenvalue weighted by Gasteiger charge is -2.28. The molecule has 1 aliphatic rings. The van der Waals surface area contributed by atoms with Crippen LogP contribution in [0.25, 0.3) is 0 Å². The highest BCUT2D eigenvalue weighted by Gasteiger charge is 2.23. The Hall–Kier alpha value is -1.60. The number of halogens is 1. The van der Waals surface area contributed by atoms with E-state index in [1.54, 1.807) is 0 Å². The molecule has 1 saturated heterocycles. The fourth-order valence-corrected chi connectivity index (χ4v) is 1.50. The van der Waals surface area contributed by atoms with Gasteiger partial charge in [-0.15, -0.1) is 0 Å². The molecule has 2 N–H and O–H groups in total. The molecular weight excluding hydrogens is 183 g/mol. The predicted molar refractivity (Wildman–Crippen MR) is 48.1 cm³/mol. The summed E-state index contributed by atoms with van der Waals surface area (Å²) in [5.41, 5.74) is 0.719. The zero-order chi connectivity index (χ0) is 10.1. The number of hydrogen-bond acceptors (Lipinski definition) is 3. The van der Waals surface area contributed by atoms with E-state index in [1.165, 1.54) is 6.07 Å². The molecule has 1 fully saturated rings. The summed E-state index contributed by atoms with van der Waals surface area (Å²) in [5.74, 6) is -1.08. The third-order valence-corrected chi connectivity index (χ3v) is 2.42. The van der Waals surface area contributed by atoms with Crippen molar-refractivity contribution in [2.45, 2.75) is 12.5 Å². The summed E-state index contributed by atoms with van der Waals surface area (Å²) in [5, 5.41) is 21.1. The van der Waals surface area contributed by atoms with Gasteiger partial charge in [0, 0.05) is 11.6 Å². The first-order valence-electron chi connectivity index (χ1n) is 4.38. The lowest BCUT2D eigenvalue weighted by atomic mass is 9.95. The van der Waals surface area contributed by atoms with Gasteiger partial charge in [-0.1, -0.05) is 0 Å². The largest absolute Gasteiger partial charge is 0.505 e. The van der Waals surface area contributed by atoms with Crippen LogP contribution in [0.15, 0.2) is 12.1 Å². The molecule has 1 aromatic carbocycles. The second-order valence-electron chi connectivity index (χ2n) is 3.30. The quantitative estimate of drug-likeness (QED) is 0.707. The van der Waals surface area contributed by atoms with Gasteiger partial charge >= 0.3 is 0 Å². The molecule has 3 nitrogen and oxygen atoms in total. The van der Waals surface area contributed by atoms with E-state index >= 15 is 0 Å². The Balaban J connectivity index is 2.47. The summed E-state index contributed by atoms with van der Waals surface area (Å²) in [6.45, 7) is 0.864. The van der Waals surface area contributed by atoms with Crippen LogP contribution in [-0.2, 0) is 0 Å². The van der Waals surface area contributed by atoms with Crippen LogP contribution >= 0.6 is 0 Å². The van der Waals surface area contributed by atoms with E-state index in [0.29, 0.717) is 5.56 Å². The first-order valence-corrected chi connectivity index (χ1v) is 4.38. The lowest BCUT2D eigenvalue weighted by Crippen LogP contribution is -2.35. The smallest absolute Gasteiger partial charge is 0.166 e. The Labute approximate surface area is 80.8 Å². The molecule has 1 aromatic rings. The summed E-state index contributed by atoms with van der Waals surface area (Å²) in [6.07, 6.45) is 0.863. The molecule has 0 amide bonds. The fraction of sp³-hybridized carbons (Fsp3) is 0.300. The maximum Gasteiger partial charge on any atom is 0.166 e. The van der Waals surface area contributed by atoms with Crippen molar-refractivity contribution in [2.24, 2.45) is 0 Å². The van der Waals surface area contributed by atoms with Gasteiger partial charge in [0.15, 0.2) is 11.6 Å². The first kappa shape index (κ1) is 8.97.